The third kappa shape index (κ3) is 10.6. The van der Waals surface area contributed by atoms with Crippen molar-refractivity contribution < 1.29 is 44.5 Å². The molecule has 0 unspecified atom stereocenters. The van der Waals surface area contributed by atoms with Gasteiger partial charge in [-0.25, -0.2) is 8.42 Å². The Morgan fingerprint density at radius 2 is 0.923 bits per heavy atom. The van der Waals surface area contributed by atoms with Crippen molar-refractivity contribution in [2.24, 2.45) is 0 Å². The number of rotatable bonds is 5. The van der Waals surface area contributed by atoms with Crippen LogP contribution in [0, 0.1) is 0 Å². The van der Waals surface area contributed by atoms with Crippen LogP contribution >= 0.6 is 0 Å². The Kier molecular flexibility index (Phi) is 11.3. The molecule has 1 aliphatic rings. The van der Waals surface area contributed by atoms with Crippen molar-refractivity contribution in [3.05, 3.63) is 115 Å². The molecule has 0 saturated carbocycles. The Labute approximate surface area is 224 Å². The maximum Gasteiger partial charge on any atom is 0.395 e. The van der Waals surface area contributed by atoms with Gasteiger partial charge in [-0.15, -0.1) is 0 Å². The lowest BCUT2D eigenvalue weighted by atomic mass is 10.1. The Morgan fingerprint density at radius 3 is 1.13 bits per heavy atom. The van der Waals surface area contributed by atoms with E-state index in [1.165, 1.54) is 26.8 Å². The monoisotopic (exact) mass is 584 g/mol. The van der Waals surface area contributed by atoms with E-state index in [0.717, 1.165) is 0 Å². The van der Waals surface area contributed by atoms with Crippen LogP contribution in [0.15, 0.2) is 130 Å². The second-order valence-electron chi connectivity index (χ2n) is 7.58. The molecule has 12 heteroatoms. The van der Waals surface area contributed by atoms with Crippen LogP contribution in [0.2, 0.25) is 0 Å². The van der Waals surface area contributed by atoms with Gasteiger partial charge in [0.1, 0.15) is 6.42 Å². The zero-order valence-electron chi connectivity index (χ0n) is 19.9. The van der Waals surface area contributed by atoms with Crippen molar-refractivity contribution in [3.8, 4) is 0 Å². The molecule has 0 N–H and O–H groups in total. The zero-order chi connectivity index (χ0) is 29.1. The van der Waals surface area contributed by atoms with Crippen LogP contribution in [-0.2, 0) is 30.6 Å². The Bertz CT molecular complexity index is 1270. The first-order valence-corrected chi connectivity index (χ1v) is 13.6. The average molecular weight is 585 g/mol. The Hall–Kier alpha value is -3.61. The summed E-state index contributed by atoms with van der Waals surface area (Å²) in [5.41, 5.74) is 0. The molecule has 0 aromatic heterocycles. The number of halogens is 5. The molecule has 5 nitrogen and oxygen atoms in total. The lowest BCUT2D eigenvalue weighted by molar-refractivity contribution is -0.168. The summed E-state index contributed by atoms with van der Waals surface area (Å²) in [6.07, 6.45) is -2.75. The number of hydrogen-bond acceptors (Lipinski definition) is 5. The van der Waals surface area contributed by atoms with Crippen LogP contribution in [-0.4, -0.2) is 36.0 Å². The van der Waals surface area contributed by atoms with Gasteiger partial charge in [0, 0.05) is 0 Å². The Balaban J connectivity index is 0.000000229. The van der Waals surface area contributed by atoms with Gasteiger partial charge in [-0.1, -0.05) is 66.7 Å². The SMILES string of the molecule is O=C1C=CC=CC1=O.O=S(=O)([O-])C(F)(F)CC(F)(F)F.c1ccc([S+](c2ccccc2)c2ccccc2)cc1. The highest BCUT2D eigenvalue weighted by atomic mass is 32.2. The molecule has 0 amide bonds. The summed E-state index contributed by atoms with van der Waals surface area (Å²) in [5, 5.41) is -5.29. The lowest BCUT2D eigenvalue weighted by Crippen LogP contribution is -2.34. The second-order valence-corrected chi connectivity index (χ2v) is 11.1. The van der Waals surface area contributed by atoms with E-state index >= 15 is 0 Å². The standard InChI is InChI=1S/C18H15S.C6H4O2.C3H3F5O3S/c1-4-10-16(11-5-1)19(17-12-6-2-7-13-17)18-14-8-3-9-15-18;7-5-3-1-2-4-6(5)8;4-2(5,6)1-3(7,8)12(9,10)11/h1-15H;1-4H;1H2,(H,9,10,11)/q+1;;/p-1. The fraction of sp³-hybridized carbons (Fsp3) is 0.111. The van der Waals surface area contributed by atoms with Crippen molar-refractivity contribution >= 4 is 32.6 Å². The predicted molar refractivity (Wildman–Crippen MR) is 135 cm³/mol. The molecule has 3 aromatic rings. The van der Waals surface area contributed by atoms with Crippen LogP contribution in [0.3, 0.4) is 0 Å². The summed E-state index contributed by atoms with van der Waals surface area (Å²) < 4.78 is 85.8. The minimum Gasteiger partial charge on any atom is -0.743 e. The van der Waals surface area contributed by atoms with Crippen LogP contribution in [0.4, 0.5) is 22.0 Å². The van der Waals surface area contributed by atoms with E-state index in [4.69, 9.17) is 0 Å². The van der Waals surface area contributed by atoms with Crippen molar-refractivity contribution in [1.82, 2.24) is 0 Å². The van der Waals surface area contributed by atoms with Crippen LogP contribution in [0.1, 0.15) is 6.42 Å². The van der Waals surface area contributed by atoms with E-state index in [0.29, 0.717) is 0 Å². The summed E-state index contributed by atoms with van der Waals surface area (Å²) >= 11 is 0. The third-order valence-electron chi connectivity index (χ3n) is 4.56. The van der Waals surface area contributed by atoms with E-state index in [2.05, 4.69) is 91.0 Å². The molecular formula is C27H21F5O5S2. The predicted octanol–water partition coefficient (Wildman–Crippen LogP) is 6.11. The number of hydrogen-bond donors (Lipinski definition) is 0. The molecular weight excluding hydrogens is 563 g/mol. The molecule has 0 atom stereocenters. The molecule has 0 bridgehead atoms. The highest BCUT2D eigenvalue weighted by Gasteiger charge is 2.48. The lowest BCUT2D eigenvalue weighted by Gasteiger charge is -2.20. The second kappa shape index (κ2) is 14.0. The summed E-state index contributed by atoms with van der Waals surface area (Å²) in [5.74, 6) is -0.875. The summed E-state index contributed by atoms with van der Waals surface area (Å²) in [6, 6.07) is 32.2. The molecule has 0 aliphatic heterocycles. The van der Waals surface area contributed by atoms with Crippen LogP contribution in [0.5, 0.6) is 0 Å². The first kappa shape index (κ1) is 31.6. The zero-order valence-corrected chi connectivity index (χ0v) is 21.6. The number of allylic oxidation sites excluding steroid dienone is 4. The maximum atomic E-state index is 11.8. The fourth-order valence-electron chi connectivity index (χ4n) is 2.85. The summed E-state index contributed by atoms with van der Waals surface area (Å²) in [7, 11) is -6.25. The topological polar surface area (TPSA) is 91.3 Å². The number of alkyl halides is 5. The Morgan fingerprint density at radius 1 is 0.615 bits per heavy atom. The molecule has 39 heavy (non-hydrogen) atoms. The molecule has 1 aliphatic carbocycles. The summed E-state index contributed by atoms with van der Waals surface area (Å²) in [6.45, 7) is 0. The van der Waals surface area contributed by atoms with Crippen LogP contribution < -0.4 is 0 Å². The van der Waals surface area contributed by atoms with Gasteiger partial charge in [-0.3, -0.25) is 9.59 Å². The highest BCUT2D eigenvalue weighted by Crippen LogP contribution is 2.34. The maximum absolute atomic E-state index is 11.8. The van der Waals surface area contributed by atoms with Gasteiger partial charge in [-0.2, -0.15) is 22.0 Å². The van der Waals surface area contributed by atoms with Gasteiger partial charge < -0.3 is 4.55 Å². The number of benzene rings is 3. The van der Waals surface area contributed by atoms with Gasteiger partial charge in [0.2, 0.25) is 11.6 Å². The van der Waals surface area contributed by atoms with Gasteiger partial charge in [0.25, 0.3) is 0 Å². The van der Waals surface area contributed by atoms with E-state index in [1.54, 1.807) is 12.2 Å². The molecule has 0 radical (unpaired) electrons. The van der Waals surface area contributed by atoms with Crippen molar-refractivity contribution in [2.75, 3.05) is 0 Å². The molecule has 0 saturated heterocycles. The molecule has 4 rings (SSSR count). The molecule has 0 fully saturated rings. The molecule has 206 valence electrons. The van der Waals surface area contributed by atoms with Crippen molar-refractivity contribution in [2.45, 2.75) is 32.5 Å². The van der Waals surface area contributed by atoms with Gasteiger partial charge >= 0.3 is 11.4 Å². The fourth-order valence-corrected chi connectivity index (χ4v) is 5.29. The normalized spacial score (nSPS) is 13.3. The van der Waals surface area contributed by atoms with Gasteiger partial charge in [-0.05, 0) is 48.6 Å². The molecule has 0 spiro atoms. The molecule has 3 aromatic carbocycles. The largest absolute Gasteiger partial charge is 0.743 e. The number of ketones is 2. The first-order valence-electron chi connectivity index (χ1n) is 10.9. The van der Waals surface area contributed by atoms with Crippen molar-refractivity contribution in [3.63, 3.8) is 0 Å². The number of carbonyl (C=O) groups excluding carboxylic acids is 2. The van der Waals surface area contributed by atoms with Gasteiger partial charge in [0.15, 0.2) is 24.8 Å². The van der Waals surface area contributed by atoms with E-state index in [9.17, 15) is 44.5 Å². The smallest absolute Gasteiger partial charge is 0.395 e. The number of carbonyl (C=O) groups is 2. The highest BCUT2D eigenvalue weighted by molar-refractivity contribution is 7.97. The van der Waals surface area contributed by atoms with E-state index < -0.39 is 39.5 Å². The molecule has 0 heterocycles. The minimum atomic E-state index is -6.24. The van der Waals surface area contributed by atoms with Gasteiger partial charge in [0.05, 0.1) is 10.9 Å². The van der Waals surface area contributed by atoms with Crippen LogP contribution in [0.25, 0.3) is 0 Å². The minimum absolute atomic E-state index is 0.0146. The average Bonchev–Trinajstić information content (AvgIpc) is 2.87. The van der Waals surface area contributed by atoms with E-state index in [1.807, 2.05) is 0 Å². The third-order valence-corrected chi connectivity index (χ3v) is 7.66. The first-order chi connectivity index (χ1) is 18.2. The quantitative estimate of drug-likeness (QED) is 0.119. The summed E-state index contributed by atoms with van der Waals surface area (Å²) in [4.78, 5) is 24.7. The van der Waals surface area contributed by atoms with E-state index in [-0.39, 0.29) is 10.9 Å². The van der Waals surface area contributed by atoms with Crippen molar-refractivity contribution in [1.29, 1.82) is 0 Å².